The average molecular weight is 285 g/mol. The van der Waals surface area contributed by atoms with E-state index in [9.17, 15) is 9.90 Å². The van der Waals surface area contributed by atoms with Crippen molar-refractivity contribution in [2.75, 3.05) is 0 Å². The number of carbonyl (C=O) groups is 1. The number of aromatic carboxylic acids is 1. The fraction of sp³-hybridized carbons (Fsp3) is 0.154. The molecule has 0 amide bonds. The van der Waals surface area contributed by atoms with Gasteiger partial charge in [-0.3, -0.25) is 0 Å². The van der Waals surface area contributed by atoms with Gasteiger partial charge in [0.2, 0.25) is 5.88 Å². The van der Waals surface area contributed by atoms with Crippen LogP contribution in [0.15, 0.2) is 18.5 Å². The van der Waals surface area contributed by atoms with Crippen molar-refractivity contribution in [2.45, 2.75) is 13.5 Å². The van der Waals surface area contributed by atoms with E-state index in [2.05, 4.69) is 9.97 Å². The van der Waals surface area contributed by atoms with Gasteiger partial charge in [0, 0.05) is 0 Å². The molecule has 105 valence electrons. The summed E-state index contributed by atoms with van der Waals surface area (Å²) >= 11 is 0. The summed E-state index contributed by atoms with van der Waals surface area (Å²) in [6.07, 6.45) is 2.28. The molecule has 8 heteroatoms. The molecule has 21 heavy (non-hydrogen) atoms. The zero-order valence-corrected chi connectivity index (χ0v) is 11.0. The number of fused-ring (bicyclic) bond motifs is 1. The van der Waals surface area contributed by atoms with E-state index in [1.165, 1.54) is 6.20 Å². The standard InChI is InChI=1S/C13H10BN2O5/c1-6-11-7(5-20-14-11)2-9(17)12(6)21-10-4-15-8(3-16-10)13(18)19/h2-4,17H,5H2,1H3,(H,18,19). The van der Waals surface area contributed by atoms with Gasteiger partial charge in [-0.2, -0.15) is 0 Å². The van der Waals surface area contributed by atoms with Crippen molar-refractivity contribution in [3.05, 3.63) is 35.3 Å². The third-order valence-electron chi connectivity index (χ3n) is 3.13. The van der Waals surface area contributed by atoms with Crippen LogP contribution >= 0.6 is 0 Å². The zero-order chi connectivity index (χ0) is 15.0. The van der Waals surface area contributed by atoms with Gasteiger partial charge in [0.05, 0.1) is 19.0 Å². The molecule has 2 aromatic rings. The van der Waals surface area contributed by atoms with Crippen LogP contribution < -0.4 is 10.2 Å². The maximum Gasteiger partial charge on any atom is 0.356 e. The van der Waals surface area contributed by atoms with Gasteiger partial charge in [-0.05, 0) is 29.6 Å². The lowest BCUT2D eigenvalue weighted by atomic mass is 9.83. The molecule has 0 atom stereocenters. The molecular formula is C13H10BN2O5. The van der Waals surface area contributed by atoms with Crippen molar-refractivity contribution in [1.82, 2.24) is 9.97 Å². The predicted molar refractivity (Wildman–Crippen MR) is 72.1 cm³/mol. The van der Waals surface area contributed by atoms with E-state index in [0.29, 0.717) is 12.2 Å². The molecule has 0 bridgehead atoms. The second-order valence-electron chi connectivity index (χ2n) is 4.50. The minimum atomic E-state index is -1.17. The topological polar surface area (TPSA) is 102 Å². The maximum absolute atomic E-state index is 10.7. The SMILES string of the molecule is Cc1c2c(cc(O)c1Oc1cnc(C(=O)O)cn1)CO[B]2. The molecule has 1 aromatic carbocycles. The van der Waals surface area contributed by atoms with Gasteiger partial charge >= 0.3 is 13.5 Å². The van der Waals surface area contributed by atoms with Crippen LogP contribution in [-0.2, 0) is 11.3 Å². The molecule has 1 aliphatic rings. The van der Waals surface area contributed by atoms with Crippen LogP contribution in [0.3, 0.4) is 0 Å². The Kier molecular flexibility index (Phi) is 3.22. The van der Waals surface area contributed by atoms with Gasteiger partial charge in [0.1, 0.15) is 0 Å². The van der Waals surface area contributed by atoms with Gasteiger partial charge in [-0.25, -0.2) is 14.8 Å². The minimum Gasteiger partial charge on any atom is -0.504 e. The quantitative estimate of drug-likeness (QED) is 0.802. The zero-order valence-electron chi connectivity index (χ0n) is 11.0. The van der Waals surface area contributed by atoms with E-state index in [0.717, 1.165) is 17.2 Å². The van der Waals surface area contributed by atoms with Gasteiger partial charge in [-0.1, -0.05) is 0 Å². The Balaban J connectivity index is 1.93. The molecule has 1 radical (unpaired) electrons. The fourth-order valence-corrected chi connectivity index (χ4v) is 2.07. The van der Waals surface area contributed by atoms with Gasteiger partial charge < -0.3 is 19.6 Å². The molecule has 7 nitrogen and oxygen atoms in total. The number of aromatic hydroxyl groups is 1. The number of nitrogens with zero attached hydrogens (tertiary/aromatic N) is 2. The Morgan fingerprint density at radius 2 is 2.24 bits per heavy atom. The largest absolute Gasteiger partial charge is 0.504 e. The summed E-state index contributed by atoms with van der Waals surface area (Å²) in [4.78, 5) is 18.3. The Morgan fingerprint density at radius 3 is 2.90 bits per heavy atom. The number of carboxylic acid groups (broad SMARTS) is 1. The lowest BCUT2D eigenvalue weighted by molar-refractivity contribution is 0.0690. The van der Waals surface area contributed by atoms with Crippen molar-refractivity contribution in [2.24, 2.45) is 0 Å². The summed E-state index contributed by atoms with van der Waals surface area (Å²) < 4.78 is 10.7. The Morgan fingerprint density at radius 1 is 1.43 bits per heavy atom. The van der Waals surface area contributed by atoms with Crippen molar-refractivity contribution in [3.8, 4) is 17.4 Å². The fourth-order valence-electron chi connectivity index (χ4n) is 2.07. The first-order valence-electron chi connectivity index (χ1n) is 6.09. The molecule has 3 rings (SSSR count). The summed E-state index contributed by atoms with van der Waals surface area (Å²) in [5, 5.41) is 18.8. The minimum absolute atomic E-state index is 0.0331. The number of hydrogen-bond donors (Lipinski definition) is 2. The van der Waals surface area contributed by atoms with Gasteiger partial charge in [0.25, 0.3) is 0 Å². The van der Waals surface area contributed by atoms with Gasteiger partial charge in [0.15, 0.2) is 17.2 Å². The highest BCUT2D eigenvalue weighted by Gasteiger charge is 2.22. The highest BCUT2D eigenvalue weighted by Crippen LogP contribution is 2.34. The van der Waals surface area contributed by atoms with Gasteiger partial charge in [-0.15, -0.1) is 0 Å². The number of ether oxygens (including phenoxy) is 1. The summed E-state index contributed by atoms with van der Waals surface area (Å²) in [6, 6.07) is 1.57. The Labute approximate surface area is 120 Å². The number of phenolic OH excluding ortho intramolecular Hbond substituents is 1. The van der Waals surface area contributed by atoms with E-state index in [1.54, 1.807) is 20.5 Å². The normalized spacial score (nSPS) is 12.6. The molecule has 0 saturated heterocycles. The van der Waals surface area contributed by atoms with Crippen molar-refractivity contribution < 1.29 is 24.4 Å². The summed E-state index contributed by atoms with van der Waals surface area (Å²) in [5.41, 5.74) is 2.27. The second-order valence-corrected chi connectivity index (χ2v) is 4.50. The molecule has 1 aromatic heterocycles. The summed E-state index contributed by atoms with van der Waals surface area (Å²) in [6.45, 7) is 2.20. The molecule has 2 N–H and O–H groups in total. The molecule has 0 unspecified atom stereocenters. The summed E-state index contributed by atoms with van der Waals surface area (Å²) in [7, 11) is 1.61. The first-order chi connectivity index (χ1) is 10.1. The van der Waals surface area contributed by atoms with Crippen LogP contribution in [0.4, 0.5) is 0 Å². The maximum atomic E-state index is 10.7. The first kappa shape index (κ1) is 13.4. The molecule has 0 aliphatic carbocycles. The van der Waals surface area contributed by atoms with Crippen LogP contribution in [0.2, 0.25) is 0 Å². The lowest BCUT2D eigenvalue weighted by Gasteiger charge is -2.12. The molecule has 1 aliphatic heterocycles. The van der Waals surface area contributed by atoms with E-state index in [4.69, 9.17) is 14.5 Å². The third kappa shape index (κ3) is 2.41. The van der Waals surface area contributed by atoms with E-state index in [1.807, 2.05) is 0 Å². The second kappa shape index (κ2) is 5.06. The number of hydrogen-bond acceptors (Lipinski definition) is 6. The monoisotopic (exact) mass is 285 g/mol. The highest BCUT2D eigenvalue weighted by atomic mass is 16.5. The summed E-state index contributed by atoms with van der Waals surface area (Å²) in [5.74, 6) is -0.864. The Bertz CT molecular complexity index is 717. The molecule has 0 spiro atoms. The van der Waals surface area contributed by atoms with E-state index in [-0.39, 0.29) is 23.1 Å². The van der Waals surface area contributed by atoms with Crippen molar-refractivity contribution in [3.63, 3.8) is 0 Å². The molecule has 0 saturated carbocycles. The molecule has 0 fully saturated rings. The first-order valence-corrected chi connectivity index (χ1v) is 6.09. The van der Waals surface area contributed by atoms with Crippen LogP contribution in [0, 0.1) is 6.92 Å². The van der Waals surface area contributed by atoms with Crippen LogP contribution in [0.25, 0.3) is 0 Å². The molecular weight excluding hydrogens is 275 g/mol. The number of carboxylic acids is 1. The van der Waals surface area contributed by atoms with Crippen LogP contribution in [0.5, 0.6) is 17.4 Å². The van der Waals surface area contributed by atoms with Crippen molar-refractivity contribution >= 4 is 18.9 Å². The smallest absolute Gasteiger partial charge is 0.356 e. The highest BCUT2D eigenvalue weighted by molar-refractivity contribution is 6.49. The number of aromatic nitrogens is 2. The van der Waals surface area contributed by atoms with E-state index < -0.39 is 5.97 Å². The number of rotatable bonds is 3. The van der Waals surface area contributed by atoms with Crippen LogP contribution in [-0.4, -0.2) is 33.6 Å². The van der Waals surface area contributed by atoms with Crippen LogP contribution in [0.1, 0.15) is 21.6 Å². The average Bonchev–Trinajstić information content (AvgIpc) is 2.92. The number of benzene rings is 1. The van der Waals surface area contributed by atoms with Crippen molar-refractivity contribution in [1.29, 1.82) is 0 Å². The van der Waals surface area contributed by atoms with E-state index >= 15 is 0 Å². The lowest BCUT2D eigenvalue weighted by Crippen LogP contribution is -2.16. The predicted octanol–water partition coefficient (Wildman–Crippen LogP) is 0.756. The molecule has 2 heterocycles. The third-order valence-corrected chi connectivity index (χ3v) is 3.13. The number of phenols is 1. The Hall–Kier alpha value is -2.61.